The van der Waals surface area contributed by atoms with E-state index < -0.39 is 0 Å². The van der Waals surface area contributed by atoms with Crippen molar-refractivity contribution in [3.8, 4) is 0 Å². The van der Waals surface area contributed by atoms with E-state index in [1.54, 1.807) is 0 Å². The van der Waals surface area contributed by atoms with Crippen LogP contribution in [0.4, 0.5) is 0 Å². The number of hydrogen-bond acceptors (Lipinski definition) is 5. The van der Waals surface area contributed by atoms with Crippen LogP contribution in [0.1, 0.15) is 50.8 Å². The maximum atomic E-state index is 6.02. The van der Waals surface area contributed by atoms with E-state index in [4.69, 9.17) is 4.74 Å². The first-order valence-corrected chi connectivity index (χ1v) is 7.81. The molecule has 1 aliphatic carbocycles. The molecule has 5 heteroatoms. The van der Waals surface area contributed by atoms with Gasteiger partial charge < -0.3 is 10.1 Å². The van der Waals surface area contributed by atoms with Crippen molar-refractivity contribution >= 4 is 11.5 Å². The smallest absolute Gasteiger partial charge is 0.0927 e. The van der Waals surface area contributed by atoms with Crippen LogP contribution in [0.25, 0.3) is 0 Å². The summed E-state index contributed by atoms with van der Waals surface area (Å²) >= 11 is 1.45. The molecule has 0 bridgehead atoms. The number of aromatic nitrogens is 2. The van der Waals surface area contributed by atoms with E-state index in [1.165, 1.54) is 37.2 Å². The maximum Gasteiger partial charge on any atom is 0.0927 e. The molecular formula is C13H21N3OS. The standard InChI is InChI=1S/C13H21N3OS/c1-2-14-12(11-9-18-16-15-11)10-4-7-17-13(8-10)5-3-6-13/h9-10,12,14H,2-8H2,1H3. The Bertz CT molecular complexity index is 378. The van der Waals surface area contributed by atoms with E-state index in [9.17, 15) is 0 Å². The molecule has 100 valence electrons. The molecule has 1 saturated heterocycles. The highest BCUT2D eigenvalue weighted by Crippen LogP contribution is 2.47. The second-order valence-corrected chi connectivity index (χ2v) is 6.11. The highest BCUT2D eigenvalue weighted by molar-refractivity contribution is 7.03. The first kappa shape index (κ1) is 12.5. The van der Waals surface area contributed by atoms with Crippen molar-refractivity contribution in [2.45, 2.75) is 50.7 Å². The minimum Gasteiger partial charge on any atom is -0.375 e. The van der Waals surface area contributed by atoms with Crippen LogP contribution in [-0.4, -0.2) is 28.3 Å². The molecule has 0 amide bonds. The number of rotatable bonds is 4. The van der Waals surface area contributed by atoms with Gasteiger partial charge >= 0.3 is 0 Å². The van der Waals surface area contributed by atoms with Gasteiger partial charge in [0.2, 0.25) is 0 Å². The molecule has 18 heavy (non-hydrogen) atoms. The van der Waals surface area contributed by atoms with E-state index >= 15 is 0 Å². The maximum absolute atomic E-state index is 6.02. The highest BCUT2D eigenvalue weighted by atomic mass is 32.1. The fourth-order valence-corrected chi connectivity index (χ4v) is 3.80. The predicted octanol–water partition coefficient (Wildman–Crippen LogP) is 2.54. The lowest BCUT2D eigenvalue weighted by molar-refractivity contribution is -0.147. The molecule has 1 saturated carbocycles. The molecule has 1 spiro atoms. The van der Waals surface area contributed by atoms with Crippen molar-refractivity contribution in [3.05, 3.63) is 11.1 Å². The Morgan fingerprint density at radius 2 is 2.50 bits per heavy atom. The molecule has 4 nitrogen and oxygen atoms in total. The zero-order valence-corrected chi connectivity index (χ0v) is 11.7. The van der Waals surface area contributed by atoms with Crippen molar-refractivity contribution < 1.29 is 4.74 Å². The van der Waals surface area contributed by atoms with Crippen LogP contribution in [0.3, 0.4) is 0 Å². The van der Waals surface area contributed by atoms with Gasteiger partial charge in [-0.25, -0.2) is 0 Å². The summed E-state index contributed by atoms with van der Waals surface area (Å²) in [7, 11) is 0. The van der Waals surface area contributed by atoms with Crippen molar-refractivity contribution in [2.24, 2.45) is 5.92 Å². The molecule has 0 radical (unpaired) electrons. The molecule has 1 N–H and O–H groups in total. The van der Waals surface area contributed by atoms with Crippen molar-refractivity contribution in [1.82, 2.24) is 14.9 Å². The van der Waals surface area contributed by atoms with Gasteiger partial charge in [-0.15, -0.1) is 5.10 Å². The zero-order chi connectivity index (χ0) is 12.4. The minimum absolute atomic E-state index is 0.208. The van der Waals surface area contributed by atoms with Crippen molar-refractivity contribution in [2.75, 3.05) is 13.2 Å². The van der Waals surface area contributed by atoms with Gasteiger partial charge in [0.1, 0.15) is 0 Å². The van der Waals surface area contributed by atoms with E-state index in [0.29, 0.717) is 12.0 Å². The lowest BCUT2D eigenvalue weighted by Gasteiger charge is -2.48. The van der Waals surface area contributed by atoms with E-state index in [1.807, 2.05) is 0 Å². The van der Waals surface area contributed by atoms with Crippen molar-refractivity contribution in [1.29, 1.82) is 0 Å². The Morgan fingerprint density at radius 3 is 3.11 bits per heavy atom. The Labute approximate surface area is 112 Å². The lowest BCUT2D eigenvalue weighted by atomic mass is 9.70. The van der Waals surface area contributed by atoms with Crippen molar-refractivity contribution in [3.63, 3.8) is 0 Å². The van der Waals surface area contributed by atoms with Gasteiger partial charge in [0.05, 0.1) is 17.3 Å². The molecule has 3 rings (SSSR count). The lowest BCUT2D eigenvalue weighted by Crippen LogP contribution is -2.48. The third-order valence-electron chi connectivity index (χ3n) is 4.39. The number of nitrogens with zero attached hydrogens (tertiary/aromatic N) is 2. The monoisotopic (exact) mass is 267 g/mol. The van der Waals surface area contributed by atoms with E-state index in [2.05, 4.69) is 27.2 Å². The number of ether oxygens (including phenoxy) is 1. The first-order valence-electron chi connectivity index (χ1n) is 6.97. The fraction of sp³-hybridized carbons (Fsp3) is 0.846. The largest absolute Gasteiger partial charge is 0.375 e. The van der Waals surface area contributed by atoms with Crippen LogP contribution in [0.2, 0.25) is 0 Å². The van der Waals surface area contributed by atoms with Gasteiger partial charge in [-0.1, -0.05) is 11.4 Å². The minimum atomic E-state index is 0.208. The van der Waals surface area contributed by atoms with E-state index in [-0.39, 0.29) is 5.60 Å². The van der Waals surface area contributed by atoms with Crippen LogP contribution in [0.15, 0.2) is 5.38 Å². The zero-order valence-electron chi connectivity index (χ0n) is 10.9. The highest BCUT2D eigenvalue weighted by Gasteiger charge is 2.44. The summed E-state index contributed by atoms with van der Waals surface area (Å²) in [5, 5.41) is 9.94. The SMILES string of the molecule is CCNC(c1csnn1)C1CCOC2(CCC2)C1. The Hall–Kier alpha value is -0.520. The molecule has 2 atom stereocenters. The second kappa shape index (κ2) is 5.23. The molecular weight excluding hydrogens is 246 g/mol. The Morgan fingerprint density at radius 1 is 1.61 bits per heavy atom. The summed E-state index contributed by atoms with van der Waals surface area (Å²) < 4.78 is 10.0. The van der Waals surface area contributed by atoms with Crippen LogP contribution < -0.4 is 5.32 Å². The summed E-state index contributed by atoms with van der Waals surface area (Å²) in [6.07, 6.45) is 6.14. The molecule has 1 aromatic rings. The van der Waals surface area contributed by atoms with Gasteiger partial charge in [-0.3, -0.25) is 0 Å². The van der Waals surface area contributed by atoms with Gasteiger partial charge in [0.25, 0.3) is 0 Å². The van der Waals surface area contributed by atoms with Crippen LogP contribution in [0.5, 0.6) is 0 Å². The summed E-state index contributed by atoms with van der Waals surface area (Å²) in [6, 6.07) is 0.357. The third-order valence-corrected chi connectivity index (χ3v) is 4.91. The summed E-state index contributed by atoms with van der Waals surface area (Å²) in [6.45, 7) is 4.04. The molecule has 2 aliphatic rings. The molecule has 1 aliphatic heterocycles. The molecule has 1 aromatic heterocycles. The quantitative estimate of drug-likeness (QED) is 0.910. The Kier molecular flexibility index (Phi) is 3.63. The van der Waals surface area contributed by atoms with Crippen LogP contribution >= 0.6 is 11.5 Å². The topological polar surface area (TPSA) is 47.0 Å². The average Bonchev–Trinajstić information content (AvgIpc) is 2.88. The number of hydrogen-bond donors (Lipinski definition) is 1. The van der Waals surface area contributed by atoms with Gasteiger partial charge in [0.15, 0.2) is 0 Å². The first-order chi connectivity index (χ1) is 8.83. The third kappa shape index (κ3) is 2.31. The van der Waals surface area contributed by atoms with Crippen LogP contribution in [-0.2, 0) is 4.74 Å². The van der Waals surface area contributed by atoms with Gasteiger partial charge in [-0.05, 0) is 56.1 Å². The molecule has 2 fully saturated rings. The van der Waals surface area contributed by atoms with Gasteiger partial charge in [0, 0.05) is 12.0 Å². The second-order valence-electron chi connectivity index (χ2n) is 5.50. The molecule has 2 heterocycles. The summed E-state index contributed by atoms with van der Waals surface area (Å²) in [5.74, 6) is 0.642. The average molecular weight is 267 g/mol. The predicted molar refractivity (Wildman–Crippen MR) is 71.6 cm³/mol. The normalized spacial score (nSPS) is 27.9. The number of nitrogens with one attached hydrogen (secondary N) is 1. The summed E-state index contributed by atoms with van der Waals surface area (Å²) in [4.78, 5) is 0. The van der Waals surface area contributed by atoms with Gasteiger partial charge in [-0.2, -0.15) is 0 Å². The fourth-order valence-electron chi connectivity index (χ4n) is 3.31. The Balaban J connectivity index is 1.73. The molecule has 0 aromatic carbocycles. The molecule has 2 unspecified atom stereocenters. The van der Waals surface area contributed by atoms with E-state index in [0.717, 1.165) is 25.3 Å². The van der Waals surface area contributed by atoms with Crippen LogP contribution in [0, 0.1) is 5.92 Å². The summed E-state index contributed by atoms with van der Waals surface area (Å²) in [5.41, 5.74) is 1.32.